The van der Waals surface area contributed by atoms with Crippen molar-refractivity contribution in [3.8, 4) is 0 Å². The van der Waals surface area contributed by atoms with Crippen molar-refractivity contribution >= 4 is 17.7 Å². The number of nitrogens with zero attached hydrogens (tertiary/aromatic N) is 1. The number of likely N-dealkylation sites (N-methyl/N-ethyl adjacent to an activating group) is 1. The molecule has 0 aromatic heterocycles. The van der Waals surface area contributed by atoms with Gasteiger partial charge in [0.2, 0.25) is 17.7 Å². The molecule has 0 atom stereocenters. The first kappa shape index (κ1) is 17.3. The minimum Gasteiger partial charge on any atom is -0.385 e. The van der Waals surface area contributed by atoms with Gasteiger partial charge in [0.15, 0.2) is 0 Å². The number of ether oxygens (including phenoxy) is 1. The molecule has 0 saturated carbocycles. The quantitative estimate of drug-likeness (QED) is 0.408. The Labute approximate surface area is 112 Å². The number of carbonyl (C=O) groups is 3. The highest BCUT2D eigenvalue weighted by Crippen LogP contribution is 1.85. The molecule has 0 aliphatic carbocycles. The third-order valence-electron chi connectivity index (χ3n) is 2.28. The highest BCUT2D eigenvalue weighted by molar-refractivity contribution is 5.88. The fourth-order valence-corrected chi connectivity index (χ4v) is 1.19. The highest BCUT2D eigenvalue weighted by Gasteiger charge is 2.13. The van der Waals surface area contributed by atoms with E-state index < -0.39 is 5.91 Å². The lowest BCUT2D eigenvalue weighted by Gasteiger charge is -2.17. The van der Waals surface area contributed by atoms with Gasteiger partial charge in [0.25, 0.3) is 0 Å². The molecular weight excluding hydrogens is 252 g/mol. The van der Waals surface area contributed by atoms with Crippen LogP contribution in [0.3, 0.4) is 0 Å². The molecule has 0 heterocycles. The second kappa shape index (κ2) is 10.3. The average Bonchev–Trinajstić information content (AvgIpc) is 2.40. The number of hydrogen-bond donors (Lipinski definition) is 3. The molecular formula is C11H22N4O4. The Morgan fingerprint density at radius 3 is 2.47 bits per heavy atom. The highest BCUT2D eigenvalue weighted by atomic mass is 16.5. The summed E-state index contributed by atoms with van der Waals surface area (Å²) in [5.74, 6) is -1.02. The summed E-state index contributed by atoms with van der Waals surface area (Å²) >= 11 is 0. The van der Waals surface area contributed by atoms with E-state index >= 15 is 0 Å². The molecule has 110 valence electrons. The molecule has 0 fully saturated rings. The van der Waals surface area contributed by atoms with Gasteiger partial charge in [-0.05, 0) is 6.42 Å². The molecule has 0 spiro atoms. The summed E-state index contributed by atoms with van der Waals surface area (Å²) in [5, 5.41) is 5.00. The zero-order valence-corrected chi connectivity index (χ0v) is 11.4. The van der Waals surface area contributed by atoms with E-state index in [-0.39, 0.29) is 31.4 Å². The van der Waals surface area contributed by atoms with Gasteiger partial charge in [-0.1, -0.05) is 0 Å². The van der Waals surface area contributed by atoms with Gasteiger partial charge in [0, 0.05) is 27.3 Å². The van der Waals surface area contributed by atoms with Crippen LogP contribution >= 0.6 is 0 Å². The van der Waals surface area contributed by atoms with E-state index in [2.05, 4.69) is 10.6 Å². The van der Waals surface area contributed by atoms with E-state index in [1.807, 2.05) is 0 Å². The summed E-state index contributed by atoms with van der Waals surface area (Å²) in [6.07, 6.45) is 0.715. The SMILES string of the molecule is COCCCNC(=O)CN(C)C(=O)CNC(=O)CN. The number of carbonyl (C=O) groups excluding carboxylic acids is 3. The first-order valence-electron chi connectivity index (χ1n) is 5.97. The minimum absolute atomic E-state index is 0.0513. The van der Waals surface area contributed by atoms with Crippen molar-refractivity contribution in [3.63, 3.8) is 0 Å². The summed E-state index contributed by atoms with van der Waals surface area (Å²) < 4.78 is 4.84. The summed E-state index contributed by atoms with van der Waals surface area (Å²) in [6, 6.07) is 0. The number of amides is 3. The summed E-state index contributed by atoms with van der Waals surface area (Å²) in [4.78, 5) is 35.1. The minimum atomic E-state index is -0.411. The monoisotopic (exact) mass is 274 g/mol. The Bertz CT molecular complexity index is 309. The molecule has 0 saturated heterocycles. The van der Waals surface area contributed by atoms with Crippen molar-refractivity contribution < 1.29 is 19.1 Å². The number of hydrogen-bond acceptors (Lipinski definition) is 5. The number of nitrogens with two attached hydrogens (primary N) is 1. The van der Waals surface area contributed by atoms with E-state index in [9.17, 15) is 14.4 Å². The lowest BCUT2D eigenvalue weighted by molar-refractivity contribution is -0.135. The fraction of sp³-hybridized carbons (Fsp3) is 0.727. The Kier molecular flexibility index (Phi) is 9.37. The maximum atomic E-state index is 11.5. The van der Waals surface area contributed by atoms with Crippen LogP contribution in [0.5, 0.6) is 0 Å². The molecule has 0 aliphatic heterocycles. The van der Waals surface area contributed by atoms with Gasteiger partial charge in [0.05, 0.1) is 19.6 Å². The van der Waals surface area contributed by atoms with Gasteiger partial charge in [0.1, 0.15) is 0 Å². The van der Waals surface area contributed by atoms with Crippen molar-refractivity contribution in [2.75, 3.05) is 46.9 Å². The third kappa shape index (κ3) is 8.97. The molecule has 3 amide bonds. The molecule has 8 nitrogen and oxygen atoms in total. The Morgan fingerprint density at radius 2 is 1.89 bits per heavy atom. The molecule has 0 aromatic rings. The van der Waals surface area contributed by atoms with E-state index in [0.717, 1.165) is 0 Å². The molecule has 0 aliphatic rings. The van der Waals surface area contributed by atoms with Crippen molar-refractivity contribution in [1.82, 2.24) is 15.5 Å². The number of methoxy groups -OCH3 is 1. The third-order valence-corrected chi connectivity index (χ3v) is 2.28. The lowest BCUT2D eigenvalue weighted by atomic mass is 10.4. The van der Waals surface area contributed by atoms with Gasteiger partial charge in [-0.2, -0.15) is 0 Å². The maximum absolute atomic E-state index is 11.5. The molecule has 0 radical (unpaired) electrons. The van der Waals surface area contributed by atoms with Gasteiger partial charge < -0.3 is 26.0 Å². The van der Waals surface area contributed by atoms with Crippen LogP contribution in [0, 0.1) is 0 Å². The van der Waals surface area contributed by atoms with Gasteiger partial charge in [-0.25, -0.2) is 0 Å². The maximum Gasteiger partial charge on any atom is 0.242 e. The number of nitrogens with one attached hydrogen (secondary N) is 2. The van der Waals surface area contributed by atoms with E-state index in [0.29, 0.717) is 19.6 Å². The van der Waals surface area contributed by atoms with Crippen LogP contribution in [0.1, 0.15) is 6.42 Å². The van der Waals surface area contributed by atoms with E-state index in [1.54, 1.807) is 7.11 Å². The molecule has 0 unspecified atom stereocenters. The second-order valence-electron chi connectivity index (χ2n) is 3.93. The lowest BCUT2D eigenvalue weighted by Crippen LogP contribution is -2.44. The predicted octanol–water partition coefficient (Wildman–Crippen LogP) is -2.33. The topological polar surface area (TPSA) is 114 Å². The molecule has 19 heavy (non-hydrogen) atoms. The second-order valence-corrected chi connectivity index (χ2v) is 3.93. The Morgan fingerprint density at radius 1 is 1.21 bits per heavy atom. The standard InChI is InChI=1S/C11H22N4O4/c1-15(11(18)7-14-9(16)6-12)8-10(17)13-4-3-5-19-2/h3-8,12H2,1-2H3,(H,13,17)(H,14,16). The first-order valence-corrected chi connectivity index (χ1v) is 5.97. The molecule has 0 rings (SSSR count). The molecule has 0 aromatic carbocycles. The largest absolute Gasteiger partial charge is 0.385 e. The normalized spacial score (nSPS) is 9.84. The average molecular weight is 274 g/mol. The Hall–Kier alpha value is -1.67. The number of rotatable bonds is 9. The van der Waals surface area contributed by atoms with Crippen LogP contribution in [0.15, 0.2) is 0 Å². The molecule has 8 heteroatoms. The Balaban J connectivity index is 3.81. The predicted molar refractivity (Wildman–Crippen MR) is 69.2 cm³/mol. The first-order chi connectivity index (χ1) is 9.01. The van der Waals surface area contributed by atoms with E-state index in [1.165, 1.54) is 11.9 Å². The summed E-state index contributed by atoms with van der Waals surface area (Å²) in [5.41, 5.74) is 5.08. The fourth-order valence-electron chi connectivity index (χ4n) is 1.19. The van der Waals surface area contributed by atoms with Gasteiger partial charge in [-0.3, -0.25) is 14.4 Å². The van der Waals surface area contributed by atoms with Crippen LogP contribution in [0.4, 0.5) is 0 Å². The van der Waals surface area contributed by atoms with Crippen LogP contribution in [-0.4, -0.2) is 69.6 Å². The molecule has 4 N–H and O–H groups in total. The van der Waals surface area contributed by atoms with Crippen LogP contribution in [0.2, 0.25) is 0 Å². The van der Waals surface area contributed by atoms with Crippen LogP contribution in [-0.2, 0) is 19.1 Å². The zero-order valence-electron chi connectivity index (χ0n) is 11.4. The zero-order chi connectivity index (χ0) is 14.7. The summed E-state index contributed by atoms with van der Waals surface area (Å²) in [7, 11) is 3.08. The van der Waals surface area contributed by atoms with Gasteiger partial charge in [-0.15, -0.1) is 0 Å². The smallest absolute Gasteiger partial charge is 0.242 e. The summed E-state index contributed by atoms with van der Waals surface area (Å²) in [6.45, 7) is 0.684. The van der Waals surface area contributed by atoms with Crippen molar-refractivity contribution in [2.45, 2.75) is 6.42 Å². The van der Waals surface area contributed by atoms with Crippen molar-refractivity contribution in [3.05, 3.63) is 0 Å². The molecule has 0 bridgehead atoms. The van der Waals surface area contributed by atoms with Gasteiger partial charge >= 0.3 is 0 Å². The van der Waals surface area contributed by atoms with Crippen molar-refractivity contribution in [2.24, 2.45) is 5.73 Å². The van der Waals surface area contributed by atoms with Crippen LogP contribution in [0.25, 0.3) is 0 Å². The van der Waals surface area contributed by atoms with E-state index in [4.69, 9.17) is 10.5 Å². The van der Waals surface area contributed by atoms with Crippen molar-refractivity contribution in [1.29, 1.82) is 0 Å². The van der Waals surface area contributed by atoms with Crippen LogP contribution < -0.4 is 16.4 Å².